The van der Waals surface area contributed by atoms with Crippen LogP contribution in [0.1, 0.15) is 25.0 Å². The molecule has 1 N–H and O–H groups in total. The Morgan fingerprint density at radius 2 is 1.38 bits per heavy atom. The molecule has 42 heavy (non-hydrogen) atoms. The molecular weight excluding hydrogens is 550 g/mol. The quantitative estimate of drug-likeness (QED) is 0.236. The molecule has 8 nitrogen and oxygen atoms in total. The molecule has 0 heterocycles. The van der Waals surface area contributed by atoms with Gasteiger partial charge in [0.1, 0.15) is 24.1 Å². The van der Waals surface area contributed by atoms with Gasteiger partial charge in [-0.3, -0.25) is 13.9 Å². The van der Waals surface area contributed by atoms with Crippen molar-refractivity contribution in [2.45, 2.75) is 38.3 Å². The summed E-state index contributed by atoms with van der Waals surface area (Å²) in [6.45, 7) is 5.42. The van der Waals surface area contributed by atoms with E-state index in [0.717, 1.165) is 15.4 Å². The number of nitrogens with zero attached hydrogens (tertiary/aromatic N) is 2. The third-order valence-electron chi connectivity index (χ3n) is 6.83. The van der Waals surface area contributed by atoms with Gasteiger partial charge >= 0.3 is 0 Å². The van der Waals surface area contributed by atoms with Crippen LogP contribution < -0.4 is 14.4 Å². The predicted molar refractivity (Wildman–Crippen MR) is 164 cm³/mol. The van der Waals surface area contributed by atoms with Crippen molar-refractivity contribution in [3.63, 3.8) is 0 Å². The molecule has 1 atom stereocenters. The van der Waals surface area contributed by atoms with Gasteiger partial charge in [-0.05, 0) is 80.4 Å². The van der Waals surface area contributed by atoms with Gasteiger partial charge in [0.15, 0.2) is 0 Å². The molecule has 4 aromatic carbocycles. The first-order valence-electron chi connectivity index (χ1n) is 13.7. The number of rotatable bonds is 12. The standard InChI is InChI=1S/C33H35N3O5S/c1-4-34-33(38)26(3)35(23-27-14-12-11-13-25(27)2)32(37)24-36(42(39,40)31-17-9-6-10-18-31)28-19-21-30(22-20-28)41-29-15-7-5-8-16-29/h5-22,26H,4,23-24H2,1-3H3,(H,34,38). The molecule has 4 rings (SSSR count). The Balaban J connectivity index is 1.69. The molecule has 0 saturated heterocycles. The highest BCUT2D eigenvalue weighted by Crippen LogP contribution is 2.28. The summed E-state index contributed by atoms with van der Waals surface area (Å²) in [5.74, 6) is 0.320. The average molecular weight is 586 g/mol. The number of para-hydroxylation sites is 1. The fourth-order valence-corrected chi connectivity index (χ4v) is 5.86. The van der Waals surface area contributed by atoms with E-state index in [0.29, 0.717) is 18.0 Å². The minimum Gasteiger partial charge on any atom is -0.457 e. The number of amides is 2. The van der Waals surface area contributed by atoms with Crippen LogP contribution in [0, 0.1) is 6.92 Å². The molecule has 0 aliphatic carbocycles. The SMILES string of the molecule is CCNC(=O)C(C)N(Cc1ccccc1C)C(=O)CN(c1ccc(Oc2ccccc2)cc1)S(=O)(=O)c1ccccc1. The molecule has 0 radical (unpaired) electrons. The first-order valence-corrected chi connectivity index (χ1v) is 15.2. The Hall–Kier alpha value is -4.63. The number of ether oxygens (including phenoxy) is 1. The molecular formula is C33H35N3O5S. The third-order valence-corrected chi connectivity index (χ3v) is 8.62. The minimum atomic E-state index is -4.15. The fourth-order valence-electron chi connectivity index (χ4n) is 4.43. The van der Waals surface area contributed by atoms with Crippen molar-refractivity contribution >= 4 is 27.5 Å². The van der Waals surface area contributed by atoms with Crippen molar-refractivity contribution in [2.75, 3.05) is 17.4 Å². The second-order valence-electron chi connectivity index (χ2n) is 9.75. The van der Waals surface area contributed by atoms with E-state index in [9.17, 15) is 18.0 Å². The molecule has 4 aromatic rings. The maximum atomic E-state index is 14.0. The topological polar surface area (TPSA) is 96.0 Å². The molecule has 1 unspecified atom stereocenters. The third kappa shape index (κ3) is 7.36. The highest BCUT2D eigenvalue weighted by Gasteiger charge is 2.32. The molecule has 2 amide bonds. The van der Waals surface area contributed by atoms with E-state index in [1.54, 1.807) is 56.3 Å². The highest BCUT2D eigenvalue weighted by molar-refractivity contribution is 7.92. The van der Waals surface area contributed by atoms with Crippen LogP contribution in [-0.2, 0) is 26.2 Å². The maximum Gasteiger partial charge on any atom is 0.264 e. The van der Waals surface area contributed by atoms with Crippen LogP contribution in [0.5, 0.6) is 11.5 Å². The number of carbonyl (C=O) groups is 2. The van der Waals surface area contributed by atoms with E-state index in [4.69, 9.17) is 4.74 Å². The van der Waals surface area contributed by atoms with E-state index >= 15 is 0 Å². The fraction of sp³-hybridized carbons (Fsp3) is 0.212. The largest absolute Gasteiger partial charge is 0.457 e. The van der Waals surface area contributed by atoms with Gasteiger partial charge in [-0.15, -0.1) is 0 Å². The first-order chi connectivity index (χ1) is 20.2. The zero-order valence-corrected chi connectivity index (χ0v) is 24.8. The zero-order chi connectivity index (χ0) is 30.1. The van der Waals surface area contributed by atoms with E-state index in [-0.39, 0.29) is 23.0 Å². The number of anilines is 1. The maximum absolute atomic E-state index is 14.0. The van der Waals surface area contributed by atoms with E-state index in [2.05, 4.69) is 5.32 Å². The van der Waals surface area contributed by atoms with Gasteiger partial charge in [-0.2, -0.15) is 0 Å². The minimum absolute atomic E-state index is 0.0460. The summed E-state index contributed by atoms with van der Waals surface area (Å²) in [6.07, 6.45) is 0. The summed E-state index contributed by atoms with van der Waals surface area (Å²) in [7, 11) is -4.15. The molecule has 218 valence electrons. The predicted octanol–water partition coefficient (Wildman–Crippen LogP) is 5.54. The van der Waals surface area contributed by atoms with Crippen molar-refractivity contribution in [3.8, 4) is 11.5 Å². The van der Waals surface area contributed by atoms with Crippen molar-refractivity contribution in [1.82, 2.24) is 10.2 Å². The molecule has 9 heteroatoms. The molecule has 0 aliphatic rings. The lowest BCUT2D eigenvalue weighted by Gasteiger charge is -2.32. The summed E-state index contributed by atoms with van der Waals surface area (Å²) in [5, 5.41) is 2.77. The summed E-state index contributed by atoms with van der Waals surface area (Å²) < 4.78 is 34.8. The van der Waals surface area contributed by atoms with Crippen molar-refractivity contribution < 1.29 is 22.7 Å². The second-order valence-corrected chi connectivity index (χ2v) is 11.6. The van der Waals surface area contributed by atoms with Crippen LogP contribution >= 0.6 is 0 Å². The average Bonchev–Trinajstić information content (AvgIpc) is 3.00. The van der Waals surface area contributed by atoms with Crippen LogP contribution in [0.2, 0.25) is 0 Å². The summed E-state index contributed by atoms with van der Waals surface area (Å²) in [5.41, 5.74) is 2.11. The number of hydrogen-bond acceptors (Lipinski definition) is 5. The van der Waals surface area contributed by atoms with Gasteiger partial charge in [0.25, 0.3) is 10.0 Å². The monoisotopic (exact) mass is 585 g/mol. The second kappa shape index (κ2) is 13.8. The number of aryl methyl sites for hydroxylation is 1. The molecule has 0 saturated carbocycles. The lowest BCUT2D eigenvalue weighted by atomic mass is 10.1. The van der Waals surface area contributed by atoms with Gasteiger partial charge in [-0.25, -0.2) is 8.42 Å². The van der Waals surface area contributed by atoms with Gasteiger partial charge in [0, 0.05) is 13.1 Å². The Bertz CT molecular complexity index is 1590. The summed E-state index contributed by atoms with van der Waals surface area (Å²) >= 11 is 0. The van der Waals surface area contributed by atoms with E-state index < -0.39 is 28.5 Å². The van der Waals surface area contributed by atoms with Gasteiger partial charge < -0.3 is 15.0 Å². The van der Waals surface area contributed by atoms with Gasteiger partial charge in [0.05, 0.1) is 10.6 Å². The van der Waals surface area contributed by atoms with Crippen molar-refractivity contribution in [3.05, 3.63) is 120 Å². The van der Waals surface area contributed by atoms with Crippen LogP contribution in [0.3, 0.4) is 0 Å². The van der Waals surface area contributed by atoms with Gasteiger partial charge in [0.2, 0.25) is 11.8 Å². The lowest BCUT2D eigenvalue weighted by Crippen LogP contribution is -2.51. The van der Waals surface area contributed by atoms with Gasteiger partial charge in [-0.1, -0.05) is 60.7 Å². The summed E-state index contributed by atoms with van der Waals surface area (Å²) in [4.78, 5) is 28.3. The van der Waals surface area contributed by atoms with E-state index in [1.807, 2.05) is 61.5 Å². The lowest BCUT2D eigenvalue weighted by molar-refractivity contribution is -0.139. The van der Waals surface area contributed by atoms with Crippen molar-refractivity contribution in [1.29, 1.82) is 0 Å². The molecule has 0 aromatic heterocycles. The first kappa shape index (κ1) is 30.3. The number of nitrogens with one attached hydrogen (secondary N) is 1. The number of sulfonamides is 1. The van der Waals surface area contributed by atoms with Crippen molar-refractivity contribution in [2.24, 2.45) is 0 Å². The van der Waals surface area contributed by atoms with Crippen LogP contribution in [0.15, 0.2) is 114 Å². The Morgan fingerprint density at radius 1 is 0.810 bits per heavy atom. The number of hydrogen-bond donors (Lipinski definition) is 1. The number of benzene rings is 4. The molecule has 0 bridgehead atoms. The Labute approximate surface area is 247 Å². The Morgan fingerprint density at radius 3 is 2.00 bits per heavy atom. The summed E-state index contributed by atoms with van der Waals surface area (Å²) in [6, 6.07) is 30.5. The van der Waals surface area contributed by atoms with Crippen LogP contribution in [0.4, 0.5) is 5.69 Å². The smallest absolute Gasteiger partial charge is 0.264 e. The number of carbonyl (C=O) groups excluding carboxylic acids is 2. The van der Waals surface area contributed by atoms with Crippen LogP contribution in [-0.4, -0.2) is 44.3 Å². The highest BCUT2D eigenvalue weighted by atomic mass is 32.2. The molecule has 0 spiro atoms. The molecule has 0 fully saturated rings. The van der Waals surface area contributed by atoms with Crippen LogP contribution in [0.25, 0.3) is 0 Å². The number of likely N-dealkylation sites (N-methyl/N-ethyl adjacent to an activating group) is 1. The van der Waals surface area contributed by atoms with E-state index in [1.165, 1.54) is 17.0 Å². The molecule has 0 aliphatic heterocycles. The normalized spacial score (nSPS) is 11.8. The Kier molecular flexibility index (Phi) is 9.98. The zero-order valence-electron chi connectivity index (χ0n) is 23.9.